The molecule has 0 aromatic rings. The first-order valence-corrected chi connectivity index (χ1v) is 7.40. The van der Waals surface area contributed by atoms with Gasteiger partial charge >= 0.3 is 12.0 Å². The predicted molar refractivity (Wildman–Crippen MR) is 74.1 cm³/mol. The van der Waals surface area contributed by atoms with Crippen LogP contribution in [0.3, 0.4) is 0 Å². The highest BCUT2D eigenvalue weighted by Crippen LogP contribution is 2.22. The van der Waals surface area contributed by atoms with E-state index in [0.717, 1.165) is 32.1 Å². The molecule has 5 heteroatoms. The molecule has 0 heterocycles. The van der Waals surface area contributed by atoms with Gasteiger partial charge in [0.1, 0.15) is 6.04 Å². The Morgan fingerprint density at radius 3 is 2.37 bits per heavy atom. The van der Waals surface area contributed by atoms with E-state index in [1.807, 2.05) is 13.8 Å². The maximum absolute atomic E-state index is 12.2. The smallest absolute Gasteiger partial charge is 0.326 e. The molecule has 0 unspecified atom stereocenters. The Labute approximate surface area is 115 Å². The van der Waals surface area contributed by atoms with Crippen molar-refractivity contribution in [3.8, 4) is 0 Å². The molecule has 110 valence electrons. The normalized spacial score (nSPS) is 17.8. The molecule has 0 saturated heterocycles. The number of aliphatic carboxylic acids is 1. The molecule has 1 aliphatic carbocycles. The van der Waals surface area contributed by atoms with Gasteiger partial charge in [-0.25, -0.2) is 9.59 Å². The van der Waals surface area contributed by atoms with Crippen LogP contribution in [0, 0.1) is 0 Å². The van der Waals surface area contributed by atoms with E-state index in [-0.39, 0.29) is 12.1 Å². The van der Waals surface area contributed by atoms with Gasteiger partial charge in [-0.1, -0.05) is 32.6 Å². The van der Waals surface area contributed by atoms with Gasteiger partial charge in [0.25, 0.3) is 0 Å². The van der Waals surface area contributed by atoms with Crippen LogP contribution in [0.4, 0.5) is 4.79 Å². The Bertz CT molecular complexity index is 301. The number of urea groups is 1. The third-order valence-corrected chi connectivity index (χ3v) is 3.79. The molecule has 1 fully saturated rings. The van der Waals surface area contributed by atoms with Crippen LogP contribution in [0.1, 0.15) is 58.8 Å². The summed E-state index contributed by atoms with van der Waals surface area (Å²) in [6.07, 6.45) is 6.84. The number of carboxylic acids is 1. The van der Waals surface area contributed by atoms with Crippen molar-refractivity contribution < 1.29 is 14.7 Å². The molecule has 1 rings (SSSR count). The first-order chi connectivity index (χ1) is 9.10. The Morgan fingerprint density at radius 1 is 1.26 bits per heavy atom. The lowest BCUT2D eigenvalue weighted by Crippen LogP contribution is -2.51. The molecule has 1 aliphatic rings. The Morgan fingerprint density at radius 2 is 1.89 bits per heavy atom. The standard InChI is InChI=1S/C14H26N2O3/c1-3-8-12(13(17)18)15-14(19)16(4-2)11-9-6-5-7-10-11/h11-12H,3-10H2,1-2H3,(H,15,19)(H,17,18)/t12-/m0/s1. The van der Waals surface area contributed by atoms with Crippen LogP contribution < -0.4 is 5.32 Å². The third kappa shape index (κ3) is 4.73. The molecule has 0 aliphatic heterocycles. The quantitative estimate of drug-likeness (QED) is 0.779. The van der Waals surface area contributed by atoms with E-state index in [4.69, 9.17) is 5.11 Å². The summed E-state index contributed by atoms with van der Waals surface area (Å²) in [5, 5.41) is 11.7. The predicted octanol–water partition coefficient (Wildman–Crippen LogP) is 2.60. The zero-order valence-corrected chi connectivity index (χ0v) is 12.0. The van der Waals surface area contributed by atoms with Crippen LogP contribution in [-0.4, -0.2) is 40.6 Å². The van der Waals surface area contributed by atoms with Gasteiger partial charge in [-0.2, -0.15) is 0 Å². The van der Waals surface area contributed by atoms with Crippen LogP contribution in [0.5, 0.6) is 0 Å². The van der Waals surface area contributed by atoms with Crippen LogP contribution in [0.2, 0.25) is 0 Å². The molecule has 0 bridgehead atoms. The largest absolute Gasteiger partial charge is 0.480 e. The highest BCUT2D eigenvalue weighted by molar-refractivity contribution is 5.82. The molecule has 0 aromatic heterocycles. The number of carbonyl (C=O) groups is 2. The summed E-state index contributed by atoms with van der Waals surface area (Å²) in [6.45, 7) is 4.50. The highest BCUT2D eigenvalue weighted by Gasteiger charge is 2.27. The molecule has 0 spiro atoms. The SMILES string of the molecule is CCC[C@H](NC(=O)N(CC)C1CCCCC1)C(=O)O. The van der Waals surface area contributed by atoms with Gasteiger partial charge in [0.2, 0.25) is 0 Å². The molecule has 2 N–H and O–H groups in total. The molecule has 0 aromatic carbocycles. The van der Waals surface area contributed by atoms with Crippen molar-refractivity contribution in [3.05, 3.63) is 0 Å². The van der Waals surface area contributed by atoms with E-state index in [0.29, 0.717) is 13.0 Å². The maximum Gasteiger partial charge on any atom is 0.326 e. The highest BCUT2D eigenvalue weighted by atomic mass is 16.4. The lowest BCUT2D eigenvalue weighted by atomic mass is 9.94. The van der Waals surface area contributed by atoms with Crippen LogP contribution in [0.25, 0.3) is 0 Å². The summed E-state index contributed by atoms with van der Waals surface area (Å²) in [4.78, 5) is 25.1. The van der Waals surface area contributed by atoms with Crippen molar-refractivity contribution in [2.45, 2.75) is 70.9 Å². The maximum atomic E-state index is 12.2. The number of nitrogens with zero attached hydrogens (tertiary/aromatic N) is 1. The zero-order chi connectivity index (χ0) is 14.3. The third-order valence-electron chi connectivity index (χ3n) is 3.79. The molecular formula is C14H26N2O3. The van der Waals surface area contributed by atoms with E-state index in [2.05, 4.69) is 5.32 Å². The van der Waals surface area contributed by atoms with E-state index in [1.54, 1.807) is 4.90 Å². The van der Waals surface area contributed by atoms with Gasteiger partial charge in [0, 0.05) is 12.6 Å². The monoisotopic (exact) mass is 270 g/mol. The van der Waals surface area contributed by atoms with Gasteiger partial charge in [-0.3, -0.25) is 0 Å². The molecule has 1 atom stereocenters. The molecule has 5 nitrogen and oxygen atoms in total. The van der Waals surface area contributed by atoms with Crippen molar-refractivity contribution in [3.63, 3.8) is 0 Å². The summed E-state index contributed by atoms with van der Waals surface area (Å²) >= 11 is 0. The average Bonchev–Trinajstić information content (AvgIpc) is 2.40. The summed E-state index contributed by atoms with van der Waals surface area (Å²) in [5.74, 6) is -0.949. The van der Waals surface area contributed by atoms with Crippen molar-refractivity contribution in [1.29, 1.82) is 0 Å². The molecule has 2 amide bonds. The Hall–Kier alpha value is -1.26. The van der Waals surface area contributed by atoms with Crippen molar-refractivity contribution in [1.82, 2.24) is 10.2 Å². The lowest BCUT2D eigenvalue weighted by Gasteiger charge is -2.34. The molecule has 19 heavy (non-hydrogen) atoms. The second-order valence-corrected chi connectivity index (χ2v) is 5.21. The summed E-state index contributed by atoms with van der Waals surface area (Å²) in [6, 6.07) is -0.722. The molecule has 0 radical (unpaired) electrons. The van der Waals surface area contributed by atoms with Crippen molar-refractivity contribution in [2.24, 2.45) is 0 Å². The van der Waals surface area contributed by atoms with Crippen LogP contribution in [-0.2, 0) is 4.79 Å². The number of nitrogens with one attached hydrogen (secondary N) is 1. The summed E-state index contributed by atoms with van der Waals surface area (Å²) in [5.41, 5.74) is 0. The first kappa shape index (κ1) is 15.8. The minimum atomic E-state index is -0.949. The Balaban J connectivity index is 2.58. The fraction of sp³-hybridized carbons (Fsp3) is 0.857. The number of carboxylic acid groups (broad SMARTS) is 1. The number of rotatable bonds is 6. The summed E-state index contributed by atoms with van der Waals surface area (Å²) < 4.78 is 0. The van der Waals surface area contributed by atoms with E-state index in [9.17, 15) is 9.59 Å². The Kier molecular flexibility index (Phi) is 6.67. The number of carbonyl (C=O) groups excluding carboxylic acids is 1. The fourth-order valence-electron chi connectivity index (χ4n) is 2.74. The minimum absolute atomic E-state index is 0.227. The number of amides is 2. The van der Waals surface area contributed by atoms with Gasteiger partial charge in [-0.05, 0) is 26.2 Å². The first-order valence-electron chi connectivity index (χ1n) is 7.40. The molecule has 1 saturated carbocycles. The van der Waals surface area contributed by atoms with Crippen molar-refractivity contribution in [2.75, 3.05) is 6.54 Å². The minimum Gasteiger partial charge on any atom is -0.480 e. The number of hydrogen-bond acceptors (Lipinski definition) is 2. The zero-order valence-electron chi connectivity index (χ0n) is 12.0. The van der Waals surface area contributed by atoms with Crippen molar-refractivity contribution >= 4 is 12.0 Å². The van der Waals surface area contributed by atoms with E-state index < -0.39 is 12.0 Å². The van der Waals surface area contributed by atoms with E-state index >= 15 is 0 Å². The number of hydrogen-bond donors (Lipinski definition) is 2. The van der Waals surface area contributed by atoms with Crippen LogP contribution in [0.15, 0.2) is 0 Å². The molecular weight excluding hydrogens is 244 g/mol. The van der Waals surface area contributed by atoms with E-state index in [1.165, 1.54) is 6.42 Å². The topological polar surface area (TPSA) is 69.6 Å². The average molecular weight is 270 g/mol. The van der Waals surface area contributed by atoms with Gasteiger partial charge < -0.3 is 15.3 Å². The van der Waals surface area contributed by atoms with Gasteiger partial charge in [0.05, 0.1) is 0 Å². The summed E-state index contributed by atoms with van der Waals surface area (Å²) in [7, 11) is 0. The second-order valence-electron chi connectivity index (χ2n) is 5.21. The van der Waals surface area contributed by atoms with Gasteiger partial charge in [0.15, 0.2) is 0 Å². The van der Waals surface area contributed by atoms with Gasteiger partial charge in [-0.15, -0.1) is 0 Å². The lowest BCUT2D eigenvalue weighted by molar-refractivity contribution is -0.139. The fourth-order valence-corrected chi connectivity index (χ4v) is 2.74. The van der Waals surface area contributed by atoms with Crippen LogP contribution >= 0.6 is 0 Å². The second kappa shape index (κ2) is 8.02.